The number of hydrogen-bond acceptors (Lipinski definition) is 3. The topological polar surface area (TPSA) is 46.2 Å². The first-order valence-electron chi connectivity index (χ1n) is 4.29. The lowest BCUT2D eigenvalue weighted by atomic mass is 10.3. The molecule has 1 atom stereocenters. The summed E-state index contributed by atoms with van der Waals surface area (Å²) in [5.74, 6) is -0.430. The summed E-state index contributed by atoms with van der Waals surface area (Å²) < 4.78 is 36.3. The Morgan fingerprint density at radius 1 is 1.50 bits per heavy atom. The van der Waals surface area contributed by atoms with Gasteiger partial charge in [0.15, 0.2) is 9.84 Å². The highest BCUT2D eigenvalue weighted by molar-refractivity contribution is 7.92. The maximum atomic E-state index is 12.8. The Hall–Kier alpha value is -1.10. The second-order valence-electron chi connectivity index (χ2n) is 3.38. The van der Waals surface area contributed by atoms with E-state index in [1.54, 1.807) is 6.92 Å². The van der Waals surface area contributed by atoms with Crippen LogP contribution in [0.1, 0.15) is 6.92 Å². The van der Waals surface area contributed by atoms with E-state index in [1.165, 1.54) is 12.1 Å². The molecule has 0 saturated carbocycles. The van der Waals surface area contributed by atoms with Crippen LogP contribution in [-0.4, -0.2) is 20.2 Å². The smallest absolute Gasteiger partial charge is 0.184 e. The molecule has 0 aromatic heterocycles. The third kappa shape index (κ3) is 1.28. The maximum absolute atomic E-state index is 12.8. The molecule has 1 aromatic carbocycles. The van der Waals surface area contributed by atoms with Crippen molar-refractivity contribution in [1.29, 1.82) is 0 Å². The molecule has 0 bridgehead atoms. The summed E-state index contributed by atoms with van der Waals surface area (Å²) in [5.41, 5.74) is 0.364. The van der Waals surface area contributed by atoms with Gasteiger partial charge in [0.25, 0.3) is 0 Å². The molecule has 0 spiro atoms. The molecular formula is C9H10FNO2S. The van der Waals surface area contributed by atoms with E-state index in [9.17, 15) is 12.8 Å². The summed E-state index contributed by atoms with van der Waals surface area (Å²) in [6.07, 6.45) is 0. The third-order valence-corrected chi connectivity index (χ3v) is 4.55. The zero-order valence-corrected chi connectivity index (χ0v) is 8.44. The van der Waals surface area contributed by atoms with E-state index >= 15 is 0 Å². The molecule has 0 radical (unpaired) electrons. The minimum atomic E-state index is -3.27. The van der Waals surface area contributed by atoms with Gasteiger partial charge in [-0.05, 0) is 25.1 Å². The van der Waals surface area contributed by atoms with Crippen molar-refractivity contribution in [2.24, 2.45) is 0 Å². The zero-order valence-electron chi connectivity index (χ0n) is 7.62. The van der Waals surface area contributed by atoms with Gasteiger partial charge in [0, 0.05) is 6.54 Å². The quantitative estimate of drug-likeness (QED) is 0.666. The normalized spacial score (nSPS) is 23.7. The van der Waals surface area contributed by atoms with E-state index < -0.39 is 20.9 Å². The molecule has 2 rings (SSSR count). The molecule has 1 aliphatic rings. The van der Waals surface area contributed by atoms with Gasteiger partial charge in [-0.1, -0.05) is 0 Å². The lowest BCUT2D eigenvalue weighted by molar-refractivity contribution is 0.581. The number of anilines is 1. The van der Waals surface area contributed by atoms with Gasteiger partial charge in [-0.3, -0.25) is 0 Å². The molecule has 1 N–H and O–H groups in total. The van der Waals surface area contributed by atoms with Crippen molar-refractivity contribution in [2.45, 2.75) is 17.1 Å². The molecule has 0 fully saturated rings. The molecule has 3 nitrogen and oxygen atoms in total. The van der Waals surface area contributed by atoms with Crippen molar-refractivity contribution < 1.29 is 12.8 Å². The average molecular weight is 215 g/mol. The third-order valence-electron chi connectivity index (χ3n) is 2.36. The minimum Gasteiger partial charge on any atom is -0.383 e. The molecule has 14 heavy (non-hydrogen) atoms. The van der Waals surface area contributed by atoms with Crippen molar-refractivity contribution in [3.05, 3.63) is 24.0 Å². The van der Waals surface area contributed by atoms with Gasteiger partial charge >= 0.3 is 0 Å². The van der Waals surface area contributed by atoms with E-state index in [-0.39, 0.29) is 4.90 Å². The fourth-order valence-electron chi connectivity index (χ4n) is 1.47. The Kier molecular flexibility index (Phi) is 1.99. The first-order valence-corrected chi connectivity index (χ1v) is 5.84. The number of halogens is 1. The minimum absolute atomic E-state index is 0.192. The van der Waals surface area contributed by atoms with Gasteiger partial charge < -0.3 is 5.32 Å². The van der Waals surface area contributed by atoms with Crippen molar-refractivity contribution in [2.75, 3.05) is 11.9 Å². The number of nitrogens with one attached hydrogen (secondary N) is 1. The number of benzene rings is 1. The van der Waals surface area contributed by atoms with Crippen LogP contribution in [0.3, 0.4) is 0 Å². The first-order chi connectivity index (χ1) is 6.51. The van der Waals surface area contributed by atoms with Crippen LogP contribution < -0.4 is 5.32 Å². The summed E-state index contributed by atoms with van der Waals surface area (Å²) in [4.78, 5) is 0.192. The SMILES string of the molecule is CC1CNc2cc(F)ccc2S1(=O)=O. The number of rotatable bonds is 0. The maximum Gasteiger partial charge on any atom is 0.184 e. The summed E-state index contributed by atoms with van der Waals surface area (Å²) in [7, 11) is -3.27. The lowest BCUT2D eigenvalue weighted by Crippen LogP contribution is -2.31. The Labute approximate surface area is 81.9 Å². The van der Waals surface area contributed by atoms with E-state index in [0.29, 0.717) is 12.2 Å². The predicted octanol–water partition coefficient (Wildman–Crippen LogP) is 1.41. The van der Waals surface area contributed by atoms with E-state index in [2.05, 4.69) is 5.32 Å². The highest BCUT2D eigenvalue weighted by Gasteiger charge is 2.30. The Morgan fingerprint density at radius 2 is 2.21 bits per heavy atom. The van der Waals surface area contributed by atoms with Crippen LogP contribution in [0, 0.1) is 5.82 Å². The second-order valence-corrected chi connectivity index (χ2v) is 5.71. The Bertz CT molecular complexity index is 470. The van der Waals surface area contributed by atoms with Crippen LogP contribution in [0.25, 0.3) is 0 Å². The van der Waals surface area contributed by atoms with Gasteiger partial charge in [-0.15, -0.1) is 0 Å². The largest absolute Gasteiger partial charge is 0.383 e. The summed E-state index contributed by atoms with van der Waals surface area (Å²) in [5, 5.41) is 2.43. The molecule has 1 heterocycles. The van der Waals surface area contributed by atoms with E-state index in [0.717, 1.165) is 6.07 Å². The standard InChI is InChI=1S/C9H10FNO2S/c1-6-5-11-8-4-7(10)2-3-9(8)14(6,12)13/h2-4,6,11H,5H2,1H3. The van der Waals surface area contributed by atoms with Crippen LogP contribution >= 0.6 is 0 Å². The van der Waals surface area contributed by atoms with Crippen molar-refractivity contribution in [3.8, 4) is 0 Å². The molecule has 1 aliphatic heterocycles. The van der Waals surface area contributed by atoms with Crippen LogP contribution in [-0.2, 0) is 9.84 Å². The molecule has 0 amide bonds. The predicted molar refractivity (Wildman–Crippen MR) is 51.5 cm³/mol. The first kappa shape index (κ1) is 9.45. The van der Waals surface area contributed by atoms with Crippen LogP contribution in [0.4, 0.5) is 10.1 Å². The van der Waals surface area contributed by atoms with Gasteiger partial charge in [0.05, 0.1) is 15.8 Å². The van der Waals surface area contributed by atoms with Crippen molar-refractivity contribution >= 4 is 15.5 Å². The van der Waals surface area contributed by atoms with E-state index in [4.69, 9.17) is 0 Å². The van der Waals surface area contributed by atoms with Gasteiger partial charge in [-0.2, -0.15) is 0 Å². The second kappa shape index (κ2) is 2.95. The van der Waals surface area contributed by atoms with Gasteiger partial charge in [0.1, 0.15) is 5.82 Å². The Morgan fingerprint density at radius 3 is 2.93 bits per heavy atom. The molecular weight excluding hydrogens is 205 g/mol. The highest BCUT2D eigenvalue weighted by atomic mass is 32.2. The summed E-state index contributed by atoms with van der Waals surface area (Å²) in [6, 6.07) is 3.68. The zero-order chi connectivity index (χ0) is 10.3. The number of sulfone groups is 1. The number of hydrogen-bond donors (Lipinski definition) is 1. The van der Waals surface area contributed by atoms with Crippen LogP contribution in [0.15, 0.2) is 23.1 Å². The lowest BCUT2D eigenvalue weighted by Gasteiger charge is -2.23. The molecule has 5 heteroatoms. The molecule has 0 saturated heterocycles. The number of fused-ring (bicyclic) bond motifs is 1. The van der Waals surface area contributed by atoms with Gasteiger partial charge in [0.2, 0.25) is 0 Å². The van der Waals surface area contributed by atoms with Crippen molar-refractivity contribution in [1.82, 2.24) is 0 Å². The Balaban J connectivity index is 2.65. The van der Waals surface area contributed by atoms with Crippen LogP contribution in [0.2, 0.25) is 0 Å². The monoisotopic (exact) mass is 215 g/mol. The van der Waals surface area contributed by atoms with Crippen molar-refractivity contribution in [3.63, 3.8) is 0 Å². The molecule has 1 aromatic rings. The molecule has 76 valence electrons. The average Bonchev–Trinajstić information content (AvgIpc) is 2.12. The van der Waals surface area contributed by atoms with E-state index in [1.807, 2.05) is 0 Å². The fourth-order valence-corrected chi connectivity index (χ4v) is 2.90. The van der Waals surface area contributed by atoms with Gasteiger partial charge in [-0.25, -0.2) is 12.8 Å². The summed E-state index contributed by atoms with van der Waals surface area (Å²) >= 11 is 0. The fraction of sp³-hybridized carbons (Fsp3) is 0.333. The molecule has 1 unspecified atom stereocenters. The van der Waals surface area contributed by atoms with Crippen LogP contribution in [0.5, 0.6) is 0 Å². The molecule has 0 aliphatic carbocycles. The highest BCUT2D eigenvalue weighted by Crippen LogP contribution is 2.29. The summed E-state index contributed by atoms with van der Waals surface area (Å²) in [6.45, 7) is 1.97.